The van der Waals surface area contributed by atoms with Crippen LogP contribution in [0.1, 0.15) is 16.7 Å². The SMILES string of the molecule is N#Cc1cccc(CN2CC3(COCC(=O)N(Cc4cccc(OC(F)(F)F)c4)C3)C2)c1. The number of hydrogen-bond donors (Lipinski definition) is 0. The molecule has 0 bridgehead atoms. The molecule has 2 heterocycles. The number of alkyl halides is 3. The highest BCUT2D eigenvalue weighted by atomic mass is 19.4. The van der Waals surface area contributed by atoms with Crippen LogP contribution in [-0.2, 0) is 22.6 Å². The molecule has 2 fully saturated rings. The monoisotopic (exact) mass is 445 g/mol. The van der Waals surface area contributed by atoms with E-state index < -0.39 is 6.36 Å². The fourth-order valence-corrected chi connectivity index (χ4v) is 4.39. The molecule has 1 spiro atoms. The first-order chi connectivity index (χ1) is 15.2. The Morgan fingerprint density at radius 3 is 2.50 bits per heavy atom. The molecule has 2 saturated heterocycles. The van der Waals surface area contributed by atoms with Gasteiger partial charge in [-0.05, 0) is 35.4 Å². The van der Waals surface area contributed by atoms with Crippen LogP contribution in [0.4, 0.5) is 13.2 Å². The lowest BCUT2D eigenvalue weighted by Crippen LogP contribution is -2.61. The third-order valence-corrected chi connectivity index (χ3v) is 5.60. The molecule has 1 amide bonds. The third-order valence-electron chi connectivity index (χ3n) is 5.60. The lowest BCUT2D eigenvalue weighted by atomic mass is 9.79. The summed E-state index contributed by atoms with van der Waals surface area (Å²) in [5.41, 5.74) is 1.99. The normalized spacial score (nSPS) is 18.7. The molecule has 32 heavy (non-hydrogen) atoms. The highest BCUT2D eigenvalue weighted by Crippen LogP contribution is 2.35. The minimum atomic E-state index is -4.77. The Morgan fingerprint density at radius 1 is 1.06 bits per heavy atom. The van der Waals surface area contributed by atoms with Gasteiger partial charge >= 0.3 is 6.36 Å². The second-order valence-electron chi connectivity index (χ2n) is 8.40. The molecule has 2 aliphatic heterocycles. The Labute approximate surface area is 183 Å². The first-order valence-electron chi connectivity index (χ1n) is 10.2. The van der Waals surface area contributed by atoms with Crippen molar-refractivity contribution < 1.29 is 27.4 Å². The van der Waals surface area contributed by atoms with Crippen molar-refractivity contribution in [1.82, 2.24) is 9.80 Å². The van der Waals surface area contributed by atoms with Crippen LogP contribution in [0.15, 0.2) is 48.5 Å². The Hall–Kier alpha value is -3.09. The maximum atomic E-state index is 12.5. The number of nitriles is 1. The van der Waals surface area contributed by atoms with Gasteiger partial charge in [-0.2, -0.15) is 5.26 Å². The molecule has 0 radical (unpaired) electrons. The van der Waals surface area contributed by atoms with Crippen molar-refractivity contribution >= 4 is 5.91 Å². The minimum absolute atomic E-state index is 0.0509. The van der Waals surface area contributed by atoms with E-state index in [9.17, 15) is 18.0 Å². The van der Waals surface area contributed by atoms with Crippen molar-refractivity contribution in [2.24, 2.45) is 5.41 Å². The molecular formula is C23H22F3N3O3. The van der Waals surface area contributed by atoms with Crippen LogP contribution in [0.5, 0.6) is 5.75 Å². The number of hydrogen-bond acceptors (Lipinski definition) is 5. The average Bonchev–Trinajstić information content (AvgIpc) is 2.86. The number of ether oxygens (including phenoxy) is 2. The predicted octanol–water partition coefficient (Wildman–Crippen LogP) is 3.32. The van der Waals surface area contributed by atoms with Gasteiger partial charge in [0, 0.05) is 38.1 Å². The number of amides is 1. The lowest BCUT2D eigenvalue weighted by molar-refractivity contribution is -0.274. The van der Waals surface area contributed by atoms with E-state index in [1.54, 1.807) is 17.0 Å². The first kappa shape index (κ1) is 22.1. The van der Waals surface area contributed by atoms with E-state index in [1.807, 2.05) is 18.2 Å². The fourth-order valence-electron chi connectivity index (χ4n) is 4.39. The van der Waals surface area contributed by atoms with E-state index in [0.717, 1.165) is 18.7 Å². The molecule has 168 valence electrons. The van der Waals surface area contributed by atoms with Crippen molar-refractivity contribution in [3.63, 3.8) is 0 Å². The van der Waals surface area contributed by atoms with E-state index in [-0.39, 0.29) is 30.2 Å². The second-order valence-corrected chi connectivity index (χ2v) is 8.40. The lowest BCUT2D eigenvalue weighted by Gasteiger charge is -2.50. The summed E-state index contributed by atoms with van der Waals surface area (Å²) in [5.74, 6) is -0.498. The first-order valence-corrected chi connectivity index (χ1v) is 10.2. The van der Waals surface area contributed by atoms with Crippen LogP contribution in [0, 0.1) is 16.7 Å². The molecule has 2 aromatic carbocycles. The Balaban J connectivity index is 1.40. The fraction of sp³-hybridized carbons (Fsp3) is 0.391. The second kappa shape index (κ2) is 8.81. The summed E-state index contributed by atoms with van der Waals surface area (Å²) in [7, 11) is 0. The third kappa shape index (κ3) is 5.39. The number of carbonyl (C=O) groups excluding carboxylic acids is 1. The van der Waals surface area contributed by atoms with E-state index in [4.69, 9.17) is 10.00 Å². The van der Waals surface area contributed by atoms with Crippen LogP contribution >= 0.6 is 0 Å². The number of carbonyl (C=O) groups is 1. The summed E-state index contributed by atoms with van der Waals surface area (Å²) in [5, 5.41) is 9.06. The van der Waals surface area contributed by atoms with Crippen molar-refractivity contribution in [3.05, 3.63) is 65.2 Å². The topological polar surface area (TPSA) is 65.8 Å². The van der Waals surface area contributed by atoms with E-state index in [2.05, 4.69) is 15.7 Å². The van der Waals surface area contributed by atoms with Gasteiger partial charge in [0.25, 0.3) is 0 Å². The highest BCUT2D eigenvalue weighted by molar-refractivity contribution is 5.77. The molecule has 9 heteroatoms. The molecule has 4 rings (SSSR count). The van der Waals surface area contributed by atoms with Crippen LogP contribution in [-0.4, -0.2) is 54.9 Å². The Morgan fingerprint density at radius 2 is 1.78 bits per heavy atom. The van der Waals surface area contributed by atoms with Gasteiger partial charge in [-0.3, -0.25) is 9.69 Å². The van der Waals surface area contributed by atoms with Crippen LogP contribution in [0.3, 0.4) is 0 Å². The van der Waals surface area contributed by atoms with Gasteiger partial charge in [0.2, 0.25) is 5.91 Å². The minimum Gasteiger partial charge on any atom is -0.406 e. The number of halogens is 3. The van der Waals surface area contributed by atoms with Crippen LogP contribution in [0.2, 0.25) is 0 Å². The summed E-state index contributed by atoms with van der Waals surface area (Å²) < 4.78 is 47.2. The zero-order valence-corrected chi connectivity index (χ0v) is 17.3. The largest absolute Gasteiger partial charge is 0.573 e. The number of benzene rings is 2. The van der Waals surface area contributed by atoms with Crippen LogP contribution in [0.25, 0.3) is 0 Å². The molecule has 0 aromatic heterocycles. The van der Waals surface area contributed by atoms with Crippen molar-refractivity contribution in [1.29, 1.82) is 5.26 Å². The van der Waals surface area contributed by atoms with E-state index in [0.29, 0.717) is 30.8 Å². The Kier molecular flexibility index (Phi) is 6.09. The van der Waals surface area contributed by atoms with Crippen LogP contribution < -0.4 is 4.74 Å². The summed E-state index contributed by atoms with van der Waals surface area (Å²) in [4.78, 5) is 16.4. The molecule has 2 aromatic rings. The standard InChI is InChI=1S/C23H22F3N3O3/c24-23(25,26)32-20-6-2-5-19(8-20)11-29-15-22(16-31-12-21(29)30)13-28(14-22)10-18-4-1-3-17(7-18)9-27/h1-8H,10-16H2. The zero-order chi connectivity index (χ0) is 22.8. The van der Waals surface area contributed by atoms with Crippen molar-refractivity contribution in [2.45, 2.75) is 19.5 Å². The maximum Gasteiger partial charge on any atom is 0.573 e. The van der Waals surface area contributed by atoms with Crippen molar-refractivity contribution in [3.8, 4) is 11.8 Å². The molecule has 0 atom stereocenters. The average molecular weight is 445 g/mol. The Bertz CT molecular complexity index is 1030. The quantitative estimate of drug-likeness (QED) is 0.707. The van der Waals surface area contributed by atoms with Gasteiger partial charge in [0.1, 0.15) is 12.4 Å². The van der Waals surface area contributed by atoms with Gasteiger partial charge < -0.3 is 14.4 Å². The number of nitrogens with zero attached hydrogens (tertiary/aromatic N) is 3. The van der Waals surface area contributed by atoms with Crippen molar-refractivity contribution in [2.75, 3.05) is 32.8 Å². The molecule has 6 nitrogen and oxygen atoms in total. The van der Waals surface area contributed by atoms with E-state index >= 15 is 0 Å². The van der Waals surface area contributed by atoms with E-state index in [1.165, 1.54) is 18.2 Å². The van der Waals surface area contributed by atoms with Gasteiger partial charge in [-0.15, -0.1) is 13.2 Å². The molecule has 0 aliphatic carbocycles. The van der Waals surface area contributed by atoms with Gasteiger partial charge in [-0.25, -0.2) is 0 Å². The smallest absolute Gasteiger partial charge is 0.406 e. The van der Waals surface area contributed by atoms with Gasteiger partial charge in [0.15, 0.2) is 0 Å². The summed E-state index contributed by atoms with van der Waals surface area (Å²) in [6, 6.07) is 15.3. The molecule has 0 N–H and O–H groups in total. The van der Waals surface area contributed by atoms with Gasteiger partial charge in [-0.1, -0.05) is 24.3 Å². The molecule has 2 aliphatic rings. The summed E-state index contributed by atoms with van der Waals surface area (Å²) >= 11 is 0. The maximum absolute atomic E-state index is 12.5. The molecular weight excluding hydrogens is 423 g/mol. The zero-order valence-electron chi connectivity index (χ0n) is 17.3. The number of rotatable bonds is 5. The highest BCUT2D eigenvalue weighted by Gasteiger charge is 2.46. The molecule has 0 saturated carbocycles. The predicted molar refractivity (Wildman–Crippen MR) is 108 cm³/mol. The van der Waals surface area contributed by atoms with Gasteiger partial charge in [0.05, 0.1) is 18.2 Å². The number of likely N-dealkylation sites (tertiary alicyclic amines) is 1. The summed E-state index contributed by atoms with van der Waals surface area (Å²) in [6.07, 6.45) is -4.77. The summed E-state index contributed by atoms with van der Waals surface area (Å²) in [6.45, 7) is 3.19. The molecule has 0 unspecified atom stereocenters.